The summed E-state index contributed by atoms with van der Waals surface area (Å²) in [7, 11) is -3.48. The molecule has 0 atom stereocenters. The fourth-order valence-corrected chi connectivity index (χ4v) is 5.39. The van der Waals surface area contributed by atoms with Gasteiger partial charge in [0.2, 0.25) is 15.9 Å². The molecule has 0 aliphatic heterocycles. The van der Waals surface area contributed by atoms with Gasteiger partial charge in [-0.3, -0.25) is 4.79 Å². The number of benzene rings is 2. The van der Waals surface area contributed by atoms with Crippen LogP contribution in [0.5, 0.6) is 0 Å². The second kappa shape index (κ2) is 10.3. The van der Waals surface area contributed by atoms with E-state index >= 15 is 0 Å². The third kappa shape index (κ3) is 6.07. The molecule has 2 rings (SSSR count). The van der Waals surface area contributed by atoms with E-state index in [4.69, 9.17) is 0 Å². The molecular formula is C19H23BrN2O3S2. The maximum Gasteiger partial charge on any atom is 0.243 e. The predicted octanol–water partition coefficient (Wildman–Crippen LogP) is 4.35. The van der Waals surface area contributed by atoms with Gasteiger partial charge in [-0.2, -0.15) is 4.31 Å². The van der Waals surface area contributed by atoms with Crippen molar-refractivity contribution in [2.24, 2.45) is 0 Å². The van der Waals surface area contributed by atoms with Crippen LogP contribution in [0.25, 0.3) is 0 Å². The first kappa shape index (κ1) is 21.9. The quantitative estimate of drug-likeness (QED) is 0.591. The molecule has 0 heterocycles. The molecule has 8 heteroatoms. The highest BCUT2D eigenvalue weighted by molar-refractivity contribution is 9.10. The molecular weight excluding hydrogens is 448 g/mol. The van der Waals surface area contributed by atoms with Crippen molar-refractivity contribution >= 4 is 49.3 Å². The highest BCUT2D eigenvalue weighted by atomic mass is 79.9. The molecule has 0 saturated heterocycles. The number of rotatable bonds is 9. The molecule has 0 aliphatic carbocycles. The van der Waals surface area contributed by atoms with Gasteiger partial charge in [0.15, 0.2) is 0 Å². The SMILES string of the molecule is CCN(CC)S(=O)(=O)c1ccc(NC(=O)CSCc2ccccc2Br)cc1. The van der Waals surface area contributed by atoms with Crippen LogP contribution in [-0.4, -0.2) is 37.5 Å². The van der Waals surface area contributed by atoms with Crippen LogP contribution >= 0.6 is 27.7 Å². The predicted molar refractivity (Wildman–Crippen MR) is 115 cm³/mol. The first-order valence-corrected chi connectivity index (χ1v) is 12.0. The summed E-state index contributed by atoms with van der Waals surface area (Å²) in [6, 6.07) is 14.2. The molecule has 0 radical (unpaired) electrons. The third-order valence-electron chi connectivity index (χ3n) is 3.93. The Morgan fingerprint density at radius 1 is 1.07 bits per heavy atom. The number of hydrogen-bond donors (Lipinski definition) is 1. The summed E-state index contributed by atoms with van der Waals surface area (Å²) < 4.78 is 27.4. The van der Waals surface area contributed by atoms with Crippen molar-refractivity contribution in [2.45, 2.75) is 24.5 Å². The van der Waals surface area contributed by atoms with Crippen molar-refractivity contribution in [3.8, 4) is 0 Å². The topological polar surface area (TPSA) is 66.5 Å². The smallest absolute Gasteiger partial charge is 0.243 e. The zero-order chi connectivity index (χ0) is 19.9. The van der Waals surface area contributed by atoms with Gasteiger partial charge in [0.25, 0.3) is 0 Å². The molecule has 146 valence electrons. The standard InChI is InChI=1S/C19H23BrN2O3S2/c1-3-22(4-2)27(24,25)17-11-9-16(10-12-17)21-19(23)14-26-13-15-7-5-6-8-18(15)20/h5-12H,3-4,13-14H2,1-2H3,(H,21,23). The lowest BCUT2D eigenvalue weighted by Gasteiger charge is -2.18. The average molecular weight is 471 g/mol. The van der Waals surface area contributed by atoms with Crippen LogP contribution in [0.15, 0.2) is 57.9 Å². The number of thioether (sulfide) groups is 1. The zero-order valence-electron chi connectivity index (χ0n) is 15.3. The van der Waals surface area contributed by atoms with Crippen LogP contribution in [0.3, 0.4) is 0 Å². The van der Waals surface area contributed by atoms with Crippen molar-refractivity contribution < 1.29 is 13.2 Å². The molecule has 0 saturated carbocycles. The summed E-state index contributed by atoms with van der Waals surface area (Å²) in [6.45, 7) is 4.46. The normalized spacial score (nSPS) is 11.6. The minimum Gasteiger partial charge on any atom is -0.325 e. The number of nitrogens with one attached hydrogen (secondary N) is 1. The van der Waals surface area contributed by atoms with Crippen molar-refractivity contribution in [3.63, 3.8) is 0 Å². The number of hydrogen-bond acceptors (Lipinski definition) is 4. The van der Waals surface area contributed by atoms with E-state index in [1.165, 1.54) is 28.2 Å². The van der Waals surface area contributed by atoms with Crippen molar-refractivity contribution in [1.29, 1.82) is 0 Å². The van der Waals surface area contributed by atoms with Crippen LogP contribution in [-0.2, 0) is 20.6 Å². The van der Waals surface area contributed by atoms with Crippen LogP contribution in [0.1, 0.15) is 19.4 Å². The fraction of sp³-hybridized carbons (Fsp3) is 0.316. The van der Waals surface area contributed by atoms with Crippen LogP contribution in [0.4, 0.5) is 5.69 Å². The number of carbonyl (C=O) groups is 1. The summed E-state index contributed by atoms with van der Waals surface area (Å²) >= 11 is 5.01. The van der Waals surface area contributed by atoms with E-state index in [9.17, 15) is 13.2 Å². The largest absolute Gasteiger partial charge is 0.325 e. The lowest BCUT2D eigenvalue weighted by Crippen LogP contribution is -2.30. The van der Waals surface area contributed by atoms with Gasteiger partial charge >= 0.3 is 0 Å². The average Bonchev–Trinajstić information content (AvgIpc) is 2.64. The van der Waals surface area contributed by atoms with Gasteiger partial charge in [-0.05, 0) is 35.9 Å². The van der Waals surface area contributed by atoms with E-state index in [0.29, 0.717) is 24.5 Å². The molecule has 0 unspecified atom stereocenters. The Bertz CT molecular complexity index is 867. The van der Waals surface area contributed by atoms with Gasteiger partial charge in [0.05, 0.1) is 10.6 Å². The Labute approximate surface area is 173 Å². The Morgan fingerprint density at radius 2 is 1.70 bits per heavy atom. The Kier molecular flexibility index (Phi) is 8.34. The van der Waals surface area contributed by atoms with E-state index < -0.39 is 10.0 Å². The number of nitrogens with zero attached hydrogens (tertiary/aromatic N) is 1. The first-order valence-electron chi connectivity index (χ1n) is 8.59. The van der Waals surface area contributed by atoms with E-state index in [-0.39, 0.29) is 10.8 Å². The molecule has 2 aromatic carbocycles. The summed E-state index contributed by atoms with van der Waals surface area (Å²) in [5.41, 5.74) is 1.72. The molecule has 1 amide bonds. The van der Waals surface area contributed by atoms with Crippen molar-refractivity contribution in [1.82, 2.24) is 4.31 Å². The molecule has 2 aromatic rings. The number of sulfonamides is 1. The Balaban J connectivity index is 1.90. The fourth-order valence-electron chi connectivity index (χ4n) is 2.49. The van der Waals surface area contributed by atoms with Gasteiger partial charge in [-0.1, -0.05) is 48.0 Å². The number of halogens is 1. The second-order valence-electron chi connectivity index (χ2n) is 5.75. The minimum atomic E-state index is -3.48. The first-order chi connectivity index (χ1) is 12.9. The number of amides is 1. The molecule has 0 spiro atoms. The van der Waals surface area contributed by atoms with E-state index in [1.54, 1.807) is 26.0 Å². The number of carbonyl (C=O) groups excluding carboxylic acids is 1. The lowest BCUT2D eigenvalue weighted by molar-refractivity contribution is -0.113. The highest BCUT2D eigenvalue weighted by Gasteiger charge is 2.21. The lowest BCUT2D eigenvalue weighted by atomic mass is 10.2. The van der Waals surface area contributed by atoms with Crippen molar-refractivity contribution in [3.05, 3.63) is 58.6 Å². The Morgan fingerprint density at radius 3 is 2.30 bits per heavy atom. The van der Waals surface area contributed by atoms with Gasteiger partial charge in [0, 0.05) is 29.0 Å². The van der Waals surface area contributed by atoms with Crippen LogP contribution in [0.2, 0.25) is 0 Å². The molecule has 0 aliphatic rings. The van der Waals surface area contributed by atoms with Gasteiger partial charge in [-0.15, -0.1) is 11.8 Å². The molecule has 0 fully saturated rings. The molecule has 27 heavy (non-hydrogen) atoms. The van der Waals surface area contributed by atoms with Crippen LogP contribution < -0.4 is 5.32 Å². The maximum atomic E-state index is 12.5. The number of anilines is 1. The molecule has 5 nitrogen and oxygen atoms in total. The third-order valence-corrected chi connectivity index (χ3v) is 7.75. The van der Waals surface area contributed by atoms with Crippen LogP contribution in [0, 0.1) is 0 Å². The minimum absolute atomic E-state index is 0.119. The van der Waals surface area contributed by atoms with Crippen molar-refractivity contribution in [2.75, 3.05) is 24.2 Å². The highest BCUT2D eigenvalue weighted by Crippen LogP contribution is 2.22. The maximum absolute atomic E-state index is 12.5. The van der Waals surface area contributed by atoms with E-state index in [2.05, 4.69) is 21.2 Å². The zero-order valence-corrected chi connectivity index (χ0v) is 18.5. The van der Waals surface area contributed by atoms with Gasteiger partial charge < -0.3 is 5.32 Å². The second-order valence-corrected chi connectivity index (χ2v) is 9.52. The Hall–Kier alpha value is -1.35. The molecule has 0 bridgehead atoms. The summed E-state index contributed by atoms with van der Waals surface area (Å²) in [5.74, 6) is 0.933. The summed E-state index contributed by atoms with van der Waals surface area (Å²) in [5, 5.41) is 2.80. The summed E-state index contributed by atoms with van der Waals surface area (Å²) in [6.07, 6.45) is 0. The van der Waals surface area contributed by atoms with E-state index in [1.807, 2.05) is 24.3 Å². The molecule has 0 aromatic heterocycles. The van der Waals surface area contributed by atoms with E-state index in [0.717, 1.165) is 15.8 Å². The van der Waals surface area contributed by atoms with Gasteiger partial charge in [-0.25, -0.2) is 8.42 Å². The monoisotopic (exact) mass is 470 g/mol. The molecule has 1 N–H and O–H groups in total. The van der Waals surface area contributed by atoms with Gasteiger partial charge in [0.1, 0.15) is 0 Å². The summed E-state index contributed by atoms with van der Waals surface area (Å²) in [4.78, 5) is 12.3.